The number of benzene rings is 2. The highest BCUT2D eigenvalue weighted by atomic mass is 35.5. The quantitative estimate of drug-likeness (QED) is 0.383. The molecule has 5 nitrogen and oxygen atoms in total. The van der Waals surface area contributed by atoms with E-state index in [0.717, 1.165) is 33.6 Å². The van der Waals surface area contributed by atoms with Crippen molar-refractivity contribution in [3.63, 3.8) is 0 Å². The highest BCUT2D eigenvalue weighted by molar-refractivity contribution is 6.29. The first-order valence-electron chi connectivity index (χ1n) is 9.63. The van der Waals surface area contributed by atoms with Crippen LogP contribution in [0.4, 0.5) is 5.69 Å². The molecular formula is C24H21ClN4O. The number of rotatable bonds is 8. The van der Waals surface area contributed by atoms with E-state index in [0.29, 0.717) is 24.9 Å². The fourth-order valence-electron chi connectivity index (χ4n) is 3.08. The van der Waals surface area contributed by atoms with E-state index in [9.17, 15) is 0 Å². The fourth-order valence-corrected chi connectivity index (χ4v) is 3.27. The maximum absolute atomic E-state index is 5.94. The molecule has 0 fully saturated rings. The number of ether oxygens (including phenoxy) is 1. The van der Waals surface area contributed by atoms with E-state index >= 15 is 0 Å². The van der Waals surface area contributed by atoms with Gasteiger partial charge in [-0.2, -0.15) is 0 Å². The second-order valence-electron chi connectivity index (χ2n) is 6.78. The van der Waals surface area contributed by atoms with E-state index in [1.54, 1.807) is 12.5 Å². The minimum atomic E-state index is 0.426. The molecule has 0 bridgehead atoms. The normalized spacial score (nSPS) is 10.7. The molecular weight excluding hydrogens is 396 g/mol. The Labute approximate surface area is 180 Å². The first-order chi connectivity index (χ1) is 14.8. The number of nitrogens with zero attached hydrogens (tertiary/aromatic N) is 3. The summed E-state index contributed by atoms with van der Waals surface area (Å²) in [6, 6.07) is 22.1. The van der Waals surface area contributed by atoms with Gasteiger partial charge in [0.25, 0.3) is 0 Å². The first kappa shape index (κ1) is 20.0. The predicted molar refractivity (Wildman–Crippen MR) is 119 cm³/mol. The van der Waals surface area contributed by atoms with Crippen LogP contribution in [-0.2, 0) is 24.5 Å². The summed E-state index contributed by atoms with van der Waals surface area (Å²) in [5.74, 6) is 0. The summed E-state index contributed by atoms with van der Waals surface area (Å²) < 4.78 is 5.87. The fraction of sp³-hybridized carbons (Fsp3) is 0.125. The summed E-state index contributed by atoms with van der Waals surface area (Å²) in [7, 11) is 0. The van der Waals surface area contributed by atoms with E-state index in [2.05, 4.69) is 32.4 Å². The van der Waals surface area contributed by atoms with Crippen molar-refractivity contribution < 1.29 is 4.74 Å². The maximum atomic E-state index is 5.94. The minimum absolute atomic E-state index is 0.426. The Balaban J connectivity index is 1.40. The number of aromatic nitrogens is 3. The van der Waals surface area contributed by atoms with Gasteiger partial charge in [-0.1, -0.05) is 54.1 Å². The molecule has 0 aliphatic rings. The van der Waals surface area contributed by atoms with Crippen molar-refractivity contribution in [3.8, 4) is 11.1 Å². The molecule has 30 heavy (non-hydrogen) atoms. The van der Waals surface area contributed by atoms with Crippen LogP contribution in [0.5, 0.6) is 0 Å². The van der Waals surface area contributed by atoms with E-state index in [-0.39, 0.29) is 0 Å². The number of hydrogen-bond donors (Lipinski definition) is 1. The Morgan fingerprint density at radius 3 is 2.50 bits per heavy atom. The van der Waals surface area contributed by atoms with Gasteiger partial charge in [-0.05, 0) is 41.0 Å². The molecule has 2 aromatic carbocycles. The van der Waals surface area contributed by atoms with Gasteiger partial charge in [0.1, 0.15) is 11.5 Å². The van der Waals surface area contributed by atoms with Gasteiger partial charge in [-0.3, -0.25) is 0 Å². The predicted octanol–water partition coefficient (Wildman–Crippen LogP) is 5.52. The zero-order valence-corrected chi connectivity index (χ0v) is 17.1. The highest BCUT2D eigenvalue weighted by Gasteiger charge is 2.08. The summed E-state index contributed by atoms with van der Waals surface area (Å²) in [6.07, 6.45) is 5.09. The lowest BCUT2D eigenvalue weighted by Gasteiger charge is -2.11. The lowest BCUT2D eigenvalue weighted by Crippen LogP contribution is -2.01. The number of pyridine rings is 1. The molecule has 6 heteroatoms. The molecule has 0 radical (unpaired) electrons. The zero-order chi connectivity index (χ0) is 20.6. The van der Waals surface area contributed by atoms with E-state index < -0.39 is 0 Å². The SMILES string of the molecule is Clc1cc(CNc2ccc(-c3cncnc3COCc3ccccc3)cc2)ccn1. The largest absolute Gasteiger partial charge is 0.381 e. The lowest BCUT2D eigenvalue weighted by atomic mass is 10.1. The third-order valence-electron chi connectivity index (χ3n) is 4.63. The monoisotopic (exact) mass is 416 g/mol. The highest BCUT2D eigenvalue weighted by Crippen LogP contribution is 2.24. The van der Waals surface area contributed by atoms with Crippen LogP contribution >= 0.6 is 11.6 Å². The molecule has 0 unspecified atom stereocenters. The molecule has 2 heterocycles. The summed E-state index contributed by atoms with van der Waals surface area (Å²) in [6.45, 7) is 1.65. The van der Waals surface area contributed by atoms with E-state index in [1.807, 2.05) is 60.8 Å². The van der Waals surface area contributed by atoms with Gasteiger partial charge in [0.15, 0.2) is 0 Å². The second-order valence-corrected chi connectivity index (χ2v) is 7.17. The van der Waals surface area contributed by atoms with Crippen LogP contribution < -0.4 is 5.32 Å². The van der Waals surface area contributed by atoms with Gasteiger partial charge in [-0.15, -0.1) is 0 Å². The van der Waals surface area contributed by atoms with Gasteiger partial charge in [0, 0.05) is 30.2 Å². The molecule has 0 spiro atoms. The van der Waals surface area contributed by atoms with Crippen LogP contribution in [-0.4, -0.2) is 15.0 Å². The summed E-state index contributed by atoms with van der Waals surface area (Å²) >= 11 is 5.94. The van der Waals surface area contributed by atoms with Gasteiger partial charge >= 0.3 is 0 Å². The van der Waals surface area contributed by atoms with Crippen molar-refractivity contribution in [2.75, 3.05) is 5.32 Å². The first-order valence-corrected chi connectivity index (χ1v) is 10.0. The Morgan fingerprint density at radius 1 is 0.867 bits per heavy atom. The van der Waals surface area contributed by atoms with Gasteiger partial charge in [-0.25, -0.2) is 15.0 Å². The topological polar surface area (TPSA) is 59.9 Å². The van der Waals surface area contributed by atoms with Crippen molar-refractivity contribution >= 4 is 17.3 Å². The smallest absolute Gasteiger partial charge is 0.129 e. The molecule has 150 valence electrons. The van der Waals surface area contributed by atoms with Crippen LogP contribution in [0.2, 0.25) is 5.15 Å². The zero-order valence-electron chi connectivity index (χ0n) is 16.3. The number of halogens is 1. The van der Waals surface area contributed by atoms with Gasteiger partial charge < -0.3 is 10.1 Å². The molecule has 0 aliphatic heterocycles. The number of anilines is 1. The Hall–Kier alpha value is -3.28. The molecule has 4 aromatic rings. The minimum Gasteiger partial charge on any atom is -0.381 e. The van der Waals surface area contributed by atoms with Crippen molar-refractivity contribution in [1.29, 1.82) is 0 Å². The Bertz CT molecular complexity index is 1090. The third kappa shape index (κ3) is 5.41. The second kappa shape index (κ2) is 9.96. The van der Waals surface area contributed by atoms with E-state index in [4.69, 9.17) is 16.3 Å². The number of hydrogen-bond acceptors (Lipinski definition) is 5. The standard InChI is InChI=1S/C24H21ClN4O/c25-24-12-19(10-11-27-24)13-28-21-8-6-20(7-9-21)22-14-26-17-29-23(22)16-30-15-18-4-2-1-3-5-18/h1-12,14,17,28H,13,15-16H2. The average molecular weight is 417 g/mol. The van der Waals surface area contributed by atoms with Crippen molar-refractivity contribution in [3.05, 3.63) is 107 Å². The van der Waals surface area contributed by atoms with Crippen LogP contribution in [0.25, 0.3) is 11.1 Å². The van der Waals surface area contributed by atoms with Crippen LogP contribution in [0, 0.1) is 0 Å². The van der Waals surface area contributed by atoms with Gasteiger partial charge in [0.2, 0.25) is 0 Å². The summed E-state index contributed by atoms with van der Waals surface area (Å²) in [5, 5.41) is 3.89. The molecule has 0 aliphatic carbocycles. The number of nitrogens with one attached hydrogen (secondary N) is 1. The van der Waals surface area contributed by atoms with Crippen LogP contribution in [0.1, 0.15) is 16.8 Å². The average Bonchev–Trinajstić information content (AvgIpc) is 2.79. The summed E-state index contributed by atoms with van der Waals surface area (Å²) in [4.78, 5) is 12.6. The lowest BCUT2D eigenvalue weighted by molar-refractivity contribution is 0.105. The molecule has 0 saturated carbocycles. The molecule has 0 saturated heterocycles. The Kier molecular flexibility index (Phi) is 6.65. The summed E-state index contributed by atoms with van der Waals surface area (Å²) in [5.41, 5.74) is 6.12. The van der Waals surface area contributed by atoms with Crippen molar-refractivity contribution in [2.24, 2.45) is 0 Å². The molecule has 0 amide bonds. The van der Waals surface area contributed by atoms with Crippen molar-refractivity contribution in [1.82, 2.24) is 15.0 Å². The van der Waals surface area contributed by atoms with Crippen LogP contribution in [0.3, 0.4) is 0 Å². The maximum Gasteiger partial charge on any atom is 0.129 e. The third-order valence-corrected chi connectivity index (χ3v) is 4.84. The molecule has 4 rings (SSSR count). The van der Waals surface area contributed by atoms with E-state index in [1.165, 1.54) is 0 Å². The van der Waals surface area contributed by atoms with Crippen molar-refractivity contribution in [2.45, 2.75) is 19.8 Å². The Morgan fingerprint density at radius 2 is 1.70 bits per heavy atom. The molecule has 2 aromatic heterocycles. The molecule has 0 atom stereocenters. The molecule has 1 N–H and O–H groups in total. The van der Waals surface area contributed by atoms with Gasteiger partial charge in [0.05, 0.1) is 18.9 Å². The van der Waals surface area contributed by atoms with Crippen LogP contribution in [0.15, 0.2) is 85.5 Å².